The summed E-state index contributed by atoms with van der Waals surface area (Å²) in [6, 6.07) is 0.432. The van der Waals surface area contributed by atoms with Crippen molar-refractivity contribution in [3.8, 4) is 0 Å². The largest absolute Gasteiger partial charge is 0.354 e. The van der Waals surface area contributed by atoms with E-state index in [2.05, 4.69) is 44.5 Å². The molecule has 0 aliphatic carbocycles. The van der Waals surface area contributed by atoms with Gasteiger partial charge in [-0.25, -0.2) is 0 Å². The van der Waals surface area contributed by atoms with Gasteiger partial charge in [0.25, 0.3) is 0 Å². The smallest absolute Gasteiger partial charge is 0.222 e. The number of rotatable bonds is 9. The van der Waals surface area contributed by atoms with Crippen molar-refractivity contribution in [2.24, 2.45) is 5.41 Å². The van der Waals surface area contributed by atoms with Crippen LogP contribution in [-0.4, -0.2) is 28.4 Å². The van der Waals surface area contributed by atoms with Crippen molar-refractivity contribution in [2.45, 2.75) is 85.1 Å². The van der Waals surface area contributed by atoms with Crippen LogP contribution < -0.4 is 5.32 Å². The summed E-state index contributed by atoms with van der Waals surface area (Å²) in [4.78, 5) is 14.9. The van der Waals surface area contributed by atoms with Gasteiger partial charge in [0.1, 0.15) is 0 Å². The monoisotopic (exact) mass is 338 g/mol. The Kier molecular flexibility index (Phi) is 8.24. The first-order chi connectivity index (χ1) is 10.8. The van der Waals surface area contributed by atoms with E-state index in [1.165, 1.54) is 0 Å². The summed E-state index contributed by atoms with van der Waals surface area (Å²) < 4.78 is 0. The summed E-state index contributed by atoms with van der Waals surface area (Å²) in [5.74, 6) is 0.349. The molecular formula is C19H34N2OS. The highest BCUT2D eigenvalue weighted by Gasteiger charge is 2.26. The van der Waals surface area contributed by atoms with Crippen molar-refractivity contribution >= 4 is 23.1 Å². The molecule has 3 nitrogen and oxygen atoms in total. The number of likely N-dealkylation sites (tertiary alicyclic amines) is 1. The molecule has 1 aliphatic rings. The van der Waals surface area contributed by atoms with Gasteiger partial charge in [0.2, 0.25) is 5.91 Å². The summed E-state index contributed by atoms with van der Waals surface area (Å²) in [5.41, 5.74) is 1.01. The topological polar surface area (TPSA) is 32.3 Å². The summed E-state index contributed by atoms with van der Waals surface area (Å²) >= 11 is 5.42. The Morgan fingerprint density at radius 2 is 2.04 bits per heavy atom. The minimum Gasteiger partial charge on any atom is -0.354 e. The van der Waals surface area contributed by atoms with Gasteiger partial charge >= 0.3 is 0 Å². The number of hydrogen-bond donors (Lipinski definition) is 1. The molecule has 1 fully saturated rings. The van der Waals surface area contributed by atoms with Gasteiger partial charge in [-0.2, -0.15) is 0 Å². The molecular weight excluding hydrogens is 304 g/mol. The third-order valence-electron chi connectivity index (χ3n) is 4.56. The van der Waals surface area contributed by atoms with E-state index in [0.29, 0.717) is 11.9 Å². The van der Waals surface area contributed by atoms with Crippen molar-refractivity contribution in [1.29, 1.82) is 0 Å². The lowest BCUT2D eigenvalue weighted by Gasteiger charge is -2.28. The molecule has 1 rings (SSSR count). The van der Waals surface area contributed by atoms with Crippen LogP contribution in [0.3, 0.4) is 0 Å². The van der Waals surface area contributed by atoms with Gasteiger partial charge in [-0.1, -0.05) is 59.3 Å². The molecule has 132 valence electrons. The van der Waals surface area contributed by atoms with E-state index in [1.807, 2.05) is 0 Å². The first-order valence-corrected chi connectivity index (χ1v) is 9.45. The molecule has 1 amide bonds. The van der Waals surface area contributed by atoms with Crippen LogP contribution in [0.5, 0.6) is 0 Å². The predicted molar refractivity (Wildman–Crippen MR) is 102 cm³/mol. The van der Waals surface area contributed by atoms with E-state index in [-0.39, 0.29) is 5.41 Å². The van der Waals surface area contributed by atoms with Crippen LogP contribution in [0.1, 0.15) is 79.1 Å². The van der Waals surface area contributed by atoms with Crippen molar-refractivity contribution < 1.29 is 4.79 Å². The number of carbonyl (C=O) groups excluding carboxylic acids is 1. The number of nitrogens with zero attached hydrogens (tertiary/aromatic N) is 1. The van der Waals surface area contributed by atoms with Gasteiger partial charge in [-0.3, -0.25) is 4.79 Å². The number of hydrogen-bond acceptors (Lipinski definition) is 2. The SMILES string of the molecule is C=C(NC(=S)CCCCC(CCC)N1CCCC1=O)C(C)(C)C. The fourth-order valence-corrected chi connectivity index (χ4v) is 3.20. The fourth-order valence-electron chi connectivity index (χ4n) is 2.93. The second kappa shape index (κ2) is 9.41. The third-order valence-corrected chi connectivity index (χ3v) is 4.87. The number of nitrogens with one attached hydrogen (secondary N) is 1. The second-order valence-corrected chi connectivity index (χ2v) is 8.15. The lowest BCUT2D eigenvalue weighted by atomic mass is 9.93. The second-order valence-electron chi connectivity index (χ2n) is 7.66. The Morgan fingerprint density at radius 3 is 2.57 bits per heavy atom. The van der Waals surface area contributed by atoms with E-state index in [0.717, 1.165) is 68.6 Å². The van der Waals surface area contributed by atoms with Crippen LogP contribution in [0.15, 0.2) is 12.3 Å². The van der Waals surface area contributed by atoms with E-state index >= 15 is 0 Å². The lowest BCUT2D eigenvalue weighted by molar-refractivity contribution is -0.129. The van der Waals surface area contributed by atoms with E-state index in [9.17, 15) is 4.79 Å². The maximum absolute atomic E-state index is 11.9. The van der Waals surface area contributed by atoms with E-state index in [4.69, 9.17) is 12.2 Å². The molecule has 4 heteroatoms. The van der Waals surface area contributed by atoms with Gasteiger partial charge < -0.3 is 10.2 Å². The molecule has 1 saturated heterocycles. The molecule has 0 radical (unpaired) electrons. The van der Waals surface area contributed by atoms with Crippen LogP contribution >= 0.6 is 12.2 Å². The minimum atomic E-state index is 0.0341. The van der Waals surface area contributed by atoms with Gasteiger partial charge in [0.15, 0.2) is 0 Å². The van der Waals surface area contributed by atoms with Crippen LogP contribution in [0.25, 0.3) is 0 Å². The molecule has 0 saturated carbocycles. The zero-order valence-corrected chi connectivity index (χ0v) is 16.2. The molecule has 0 aromatic heterocycles. The number of allylic oxidation sites excluding steroid dienone is 1. The standard InChI is InChI=1S/C19H34N2OS/c1-6-10-16(21-14-9-13-18(21)22)11-7-8-12-17(23)20-15(2)19(3,4)5/h16H,2,6-14H2,1,3-5H3,(H,20,23). The highest BCUT2D eigenvalue weighted by molar-refractivity contribution is 7.80. The zero-order valence-electron chi connectivity index (χ0n) is 15.4. The number of amides is 1. The molecule has 1 N–H and O–H groups in total. The van der Waals surface area contributed by atoms with Crippen LogP contribution in [0.2, 0.25) is 0 Å². The maximum atomic E-state index is 11.9. The Morgan fingerprint density at radius 1 is 1.35 bits per heavy atom. The molecule has 0 bridgehead atoms. The van der Waals surface area contributed by atoms with Gasteiger partial charge in [0, 0.05) is 30.1 Å². The fraction of sp³-hybridized carbons (Fsp3) is 0.789. The molecule has 0 aromatic rings. The molecule has 1 unspecified atom stereocenters. The minimum absolute atomic E-state index is 0.0341. The summed E-state index contributed by atoms with van der Waals surface area (Å²) in [6.07, 6.45) is 8.23. The molecule has 0 spiro atoms. The highest BCUT2D eigenvalue weighted by atomic mass is 32.1. The first kappa shape index (κ1) is 20.1. The van der Waals surface area contributed by atoms with Crippen molar-refractivity contribution in [2.75, 3.05) is 6.54 Å². The van der Waals surface area contributed by atoms with Crippen molar-refractivity contribution in [3.63, 3.8) is 0 Å². The average molecular weight is 339 g/mol. The summed E-state index contributed by atoms with van der Waals surface area (Å²) in [6.45, 7) is 13.6. The maximum Gasteiger partial charge on any atom is 0.222 e. The molecule has 23 heavy (non-hydrogen) atoms. The van der Waals surface area contributed by atoms with Crippen LogP contribution in [0.4, 0.5) is 0 Å². The third kappa shape index (κ3) is 7.03. The van der Waals surface area contributed by atoms with Gasteiger partial charge in [-0.15, -0.1) is 0 Å². The number of thiocarbonyl (C=S) groups is 1. The van der Waals surface area contributed by atoms with Gasteiger partial charge in [0.05, 0.1) is 4.99 Å². The van der Waals surface area contributed by atoms with Crippen LogP contribution in [-0.2, 0) is 4.79 Å². The summed E-state index contributed by atoms with van der Waals surface area (Å²) in [7, 11) is 0. The normalized spacial score (nSPS) is 16.5. The first-order valence-electron chi connectivity index (χ1n) is 9.04. The van der Waals surface area contributed by atoms with Crippen LogP contribution in [0, 0.1) is 5.41 Å². The Bertz CT molecular complexity index is 426. The van der Waals surface area contributed by atoms with E-state index in [1.54, 1.807) is 0 Å². The Labute approximate surface area is 147 Å². The van der Waals surface area contributed by atoms with E-state index < -0.39 is 0 Å². The quantitative estimate of drug-likeness (QED) is 0.483. The summed E-state index contributed by atoms with van der Waals surface area (Å²) in [5, 5.41) is 3.27. The Hall–Kier alpha value is -0.900. The molecule has 1 heterocycles. The molecule has 0 aromatic carbocycles. The van der Waals surface area contributed by atoms with Crippen molar-refractivity contribution in [1.82, 2.24) is 10.2 Å². The molecule has 1 aliphatic heterocycles. The van der Waals surface area contributed by atoms with Gasteiger partial charge in [-0.05, 0) is 32.1 Å². The number of carbonyl (C=O) groups is 1. The highest BCUT2D eigenvalue weighted by Crippen LogP contribution is 2.23. The number of unbranched alkanes of at least 4 members (excludes halogenated alkanes) is 1. The molecule has 1 atom stereocenters. The van der Waals surface area contributed by atoms with Crippen molar-refractivity contribution in [3.05, 3.63) is 12.3 Å². The average Bonchev–Trinajstić information content (AvgIpc) is 2.87. The zero-order chi connectivity index (χ0) is 17.5. The Balaban J connectivity index is 2.30. The predicted octanol–water partition coefficient (Wildman–Crippen LogP) is 4.81. The lowest BCUT2D eigenvalue weighted by Crippen LogP contribution is -2.36.